The Bertz CT molecular complexity index is 296. The topological polar surface area (TPSA) is 21.8 Å². The molecule has 0 aromatic heterocycles. The van der Waals surface area contributed by atoms with Gasteiger partial charge < -0.3 is 10.2 Å². The zero-order chi connectivity index (χ0) is 13.2. The van der Waals surface area contributed by atoms with Crippen LogP contribution >= 0.6 is 0 Å². The zero-order valence-electron chi connectivity index (χ0n) is 12.6. The molecule has 1 N–H and O–H groups in total. The number of nitrogens with one attached hydrogen (secondary N) is 1. The maximum absolute atomic E-state index is 3.89. The van der Waals surface area contributed by atoms with Crippen molar-refractivity contribution in [3.63, 3.8) is 0 Å². The largest absolute Gasteiger partial charge is 0.311 e. The van der Waals surface area contributed by atoms with Gasteiger partial charge in [-0.2, -0.15) is 0 Å². The predicted molar refractivity (Wildman–Crippen MR) is 79.5 cm³/mol. The van der Waals surface area contributed by atoms with E-state index in [1.54, 1.807) is 0 Å². The Balaban J connectivity index is 1.49. The van der Waals surface area contributed by atoms with E-state index >= 15 is 0 Å². The molecule has 4 nitrogen and oxygen atoms in total. The van der Waals surface area contributed by atoms with E-state index in [9.17, 15) is 0 Å². The first kappa shape index (κ1) is 13.8. The van der Waals surface area contributed by atoms with Gasteiger partial charge in [-0.05, 0) is 39.9 Å². The van der Waals surface area contributed by atoms with Crippen molar-refractivity contribution in [2.75, 3.05) is 53.4 Å². The standard InChI is InChI=1S/C15H30N4/c1-17-9-10-18(2)13(12-17)11-16-14-6-8-19-7-4-3-5-15(14)19/h13-16H,3-12H2,1-2H3. The Hall–Kier alpha value is -0.160. The van der Waals surface area contributed by atoms with E-state index < -0.39 is 0 Å². The van der Waals surface area contributed by atoms with Gasteiger partial charge in [0, 0.05) is 50.8 Å². The lowest BCUT2D eigenvalue weighted by Gasteiger charge is -2.39. The Morgan fingerprint density at radius 3 is 2.79 bits per heavy atom. The third kappa shape index (κ3) is 3.13. The van der Waals surface area contributed by atoms with Gasteiger partial charge in [0.15, 0.2) is 0 Å². The summed E-state index contributed by atoms with van der Waals surface area (Å²) in [6.07, 6.45) is 5.62. The first-order valence-electron chi connectivity index (χ1n) is 8.10. The van der Waals surface area contributed by atoms with Crippen molar-refractivity contribution in [3.05, 3.63) is 0 Å². The van der Waals surface area contributed by atoms with E-state index in [-0.39, 0.29) is 0 Å². The molecule has 3 fully saturated rings. The first-order valence-corrected chi connectivity index (χ1v) is 8.10. The molecular formula is C15H30N4. The van der Waals surface area contributed by atoms with E-state index in [0.29, 0.717) is 6.04 Å². The summed E-state index contributed by atoms with van der Waals surface area (Å²) < 4.78 is 0. The molecule has 3 aliphatic rings. The van der Waals surface area contributed by atoms with Crippen molar-refractivity contribution < 1.29 is 0 Å². The van der Waals surface area contributed by atoms with Crippen molar-refractivity contribution in [2.24, 2.45) is 0 Å². The summed E-state index contributed by atoms with van der Waals surface area (Å²) in [4.78, 5) is 7.71. The number of piperazine rings is 1. The highest BCUT2D eigenvalue weighted by Gasteiger charge is 2.35. The van der Waals surface area contributed by atoms with Gasteiger partial charge >= 0.3 is 0 Å². The monoisotopic (exact) mass is 266 g/mol. The summed E-state index contributed by atoms with van der Waals surface area (Å²) in [7, 11) is 4.53. The molecule has 0 saturated carbocycles. The molecule has 3 rings (SSSR count). The SMILES string of the molecule is CN1CCN(C)C(CNC2CCN3CCCCC23)C1. The second-order valence-corrected chi connectivity index (χ2v) is 6.80. The maximum atomic E-state index is 3.89. The first-order chi connectivity index (χ1) is 9.24. The molecular weight excluding hydrogens is 236 g/mol. The fraction of sp³-hybridized carbons (Fsp3) is 1.00. The van der Waals surface area contributed by atoms with Gasteiger partial charge in [0.1, 0.15) is 0 Å². The van der Waals surface area contributed by atoms with E-state index in [1.165, 1.54) is 58.4 Å². The minimum absolute atomic E-state index is 0.691. The van der Waals surface area contributed by atoms with Crippen molar-refractivity contribution in [3.8, 4) is 0 Å². The molecule has 3 aliphatic heterocycles. The van der Waals surface area contributed by atoms with Gasteiger partial charge in [-0.15, -0.1) is 0 Å². The van der Waals surface area contributed by atoms with Crippen molar-refractivity contribution >= 4 is 0 Å². The van der Waals surface area contributed by atoms with E-state index in [4.69, 9.17) is 0 Å². The molecule has 0 radical (unpaired) electrons. The van der Waals surface area contributed by atoms with Crippen LogP contribution in [0.1, 0.15) is 25.7 Å². The summed E-state index contributed by atoms with van der Waals surface area (Å²) in [5.74, 6) is 0. The van der Waals surface area contributed by atoms with E-state index in [1.807, 2.05) is 0 Å². The number of piperidine rings is 1. The van der Waals surface area contributed by atoms with Crippen LogP contribution in [0.25, 0.3) is 0 Å². The van der Waals surface area contributed by atoms with Crippen LogP contribution < -0.4 is 5.32 Å². The van der Waals surface area contributed by atoms with Crippen LogP contribution in [0.15, 0.2) is 0 Å². The third-order valence-electron chi connectivity index (χ3n) is 5.45. The lowest BCUT2D eigenvalue weighted by Crippen LogP contribution is -2.56. The van der Waals surface area contributed by atoms with E-state index in [2.05, 4.69) is 34.1 Å². The molecule has 110 valence electrons. The minimum atomic E-state index is 0.691. The molecule has 0 aromatic rings. The molecule has 0 spiro atoms. The molecule has 3 heterocycles. The van der Waals surface area contributed by atoms with Gasteiger partial charge in [0.25, 0.3) is 0 Å². The number of rotatable bonds is 3. The Morgan fingerprint density at radius 2 is 1.89 bits per heavy atom. The molecule has 0 aliphatic carbocycles. The molecule has 0 aromatic carbocycles. The Labute approximate surface area is 118 Å². The zero-order valence-corrected chi connectivity index (χ0v) is 12.6. The number of hydrogen-bond donors (Lipinski definition) is 1. The van der Waals surface area contributed by atoms with Crippen molar-refractivity contribution in [2.45, 2.75) is 43.8 Å². The number of nitrogens with zero attached hydrogens (tertiary/aromatic N) is 3. The molecule has 4 heteroatoms. The summed E-state index contributed by atoms with van der Waals surface area (Å²) in [5.41, 5.74) is 0. The number of hydrogen-bond acceptors (Lipinski definition) is 4. The lowest BCUT2D eigenvalue weighted by atomic mass is 9.99. The molecule has 0 bridgehead atoms. The van der Waals surface area contributed by atoms with Gasteiger partial charge in [-0.25, -0.2) is 0 Å². The van der Waals surface area contributed by atoms with E-state index in [0.717, 1.165) is 18.6 Å². The summed E-state index contributed by atoms with van der Waals surface area (Å²) in [6.45, 7) is 7.47. The normalized spacial score (nSPS) is 38.5. The number of fused-ring (bicyclic) bond motifs is 1. The molecule has 0 amide bonds. The second-order valence-electron chi connectivity index (χ2n) is 6.80. The fourth-order valence-corrected chi connectivity index (χ4v) is 4.09. The third-order valence-corrected chi connectivity index (χ3v) is 5.45. The summed E-state index contributed by atoms with van der Waals surface area (Å²) in [6, 6.07) is 2.28. The summed E-state index contributed by atoms with van der Waals surface area (Å²) in [5, 5.41) is 3.89. The van der Waals surface area contributed by atoms with Crippen LogP contribution in [0.2, 0.25) is 0 Å². The smallest absolute Gasteiger partial charge is 0.0345 e. The minimum Gasteiger partial charge on any atom is -0.311 e. The highest BCUT2D eigenvalue weighted by Crippen LogP contribution is 2.27. The number of likely N-dealkylation sites (N-methyl/N-ethyl adjacent to an activating group) is 2. The maximum Gasteiger partial charge on any atom is 0.0345 e. The molecule has 3 unspecified atom stereocenters. The predicted octanol–water partition coefficient (Wildman–Crippen LogP) is 0.449. The summed E-state index contributed by atoms with van der Waals surface area (Å²) >= 11 is 0. The van der Waals surface area contributed by atoms with Crippen LogP contribution in [0, 0.1) is 0 Å². The molecule has 3 atom stereocenters. The van der Waals surface area contributed by atoms with Crippen LogP contribution in [0.3, 0.4) is 0 Å². The average Bonchev–Trinajstić information content (AvgIpc) is 2.83. The van der Waals surface area contributed by atoms with Gasteiger partial charge in [-0.3, -0.25) is 9.80 Å². The fourth-order valence-electron chi connectivity index (χ4n) is 4.09. The average molecular weight is 266 g/mol. The molecule has 19 heavy (non-hydrogen) atoms. The second kappa shape index (κ2) is 6.08. The Kier molecular flexibility index (Phi) is 4.42. The van der Waals surface area contributed by atoms with Crippen LogP contribution in [-0.4, -0.2) is 86.2 Å². The van der Waals surface area contributed by atoms with Gasteiger partial charge in [0.2, 0.25) is 0 Å². The highest BCUT2D eigenvalue weighted by atomic mass is 15.3. The quantitative estimate of drug-likeness (QED) is 0.800. The van der Waals surface area contributed by atoms with Crippen LogP contribution in [0.4, 0.5) is 0 Å². The Morgan fingerprint density at radius 1 is 1.00 bits per heavy atom. The highest BCUT2D eigenvalue weighted by molar-refractivity contribution is 4.95. The van der Waals surface area contributed by atoms with Crippen molar-refractivity contribution in [1.29, 1.82) is 0 Å². The lowest BCUT2D eigenvalue weighted by molar-refractivity contribution is 0.107. The van der Waals surface area contributed by atoms with Crippen molar-refractivity contribution in [1.82, 2.24) is 20.0 Å². The van der Waals surface area contributed by atoms with Gasteiger partial charge in [-0.1, -0.05) is 6.42 Å². The van der Waals surface area contributed by atoms with Crippen LogP contribution in [0.5, 0.6) is 0 Å². The molecule has 3 saturated heterocycles. The van der Waals surface area contributed by atoms with Crippen LogP contribution in [-0.2, 0) is 0 Å². The van der Waals surface area contributed by atoms with Gasteiger partial charge in [0.05, 0.1) is 0 Å².